The second kappa shape index (κ2) is 8.38. The highest BCUT2D eigenvalue weighted by molar-refractivity contribution is 5.93. The maximum absolute atomic E-state index is 15.0. The van der Waals surface area contributed by atoms with Crippen molar-refractivity contribution >= 4 is 22.8 Å². The number of carbonyl (C=O) groups is 1. The Morgan fingerprint density at radius 1 is 1.19 bits per heavy atom. The predicted octanol–water partition coefficient (Wildman–Crippen LogP) is 1.99. The number of rotatable bonds is 4. The maximum atomic E-state index is 15.0. The molecule has 1 aliphatic heterocycles. The number of fused-ring (bicyclic) bond motifs is 1. The summed E-state index contributed by atoms with van der Waals surface area (Å²) < 4.78 is 35.8. The summed E-state index contributed by atoms with van der Waals surface area (Å²) >= 11 is 0. The Hall–Kier alpha value is -3.40. The van der Waals surface area contributed by atoms with Crippen LogP contribution < -0.4 is 10.3 Å². The largest absolute Gasteiger partial charge is 0.462 e. The van der Waals surface area contributed by atoms with Gasteiger partial charge in [0.1, 0.15) is 5.56 Å². The van der Waals surface area contributed by atoms with Gasteiger partial charge in [0.2, 0.25) is 5.43 Å². The molecule has 0 bridgehead atoms. The molecule has 0 atom stereocenters. The summed E-state index contributed by atoms with van der Waals surface area (Å²) in [6.45, 7) is 4.22. The molecule has 31 heavy (non-hydrogen) atoms. The molecule has 8 nitrogen and oxygen atoms in total. The zero-order valence-corrected chi connectivity index (χ0v) is 17.1. The highest BCUT2D eigenvalue weighted by atomic mass is 19.1. The zero-order chi connectivity index (χ0) is 22.1. The van der Waals surface area contributed by atoms with Crippen molar-refractivity contribution in [3.05, 3.63) is 58.1 Å². The van der Waals surface area contributed by atoms with Crippen LogP contribution in [0.2, 0.25) is 0 Å². The van der Waals surface area contributed by atoms with Gasteiger partial charge in [-0.2, -0.15) is 0 Å². The highest BCUT2D eigenvalue weighted by Gasteiger charge is 2.24. The smallest absolute Gasteiger partial charge is 0.343 e. The Kier molecular flexibility index (Phi) is 5.64. The van der Waals surface area contributed by atoms with E-state index in [2.05, 4.69) is 14.9 Å². The Morgan fingerprint density at radius 3 is 2.61 bits per heavy atom. The van der Waals surface area contributed by atoms with Crippen molar-refractivity contribution in [2.45, 2.75) is 6.92 Å². The molecule has 0 aromatic carbocycles. The van der Waals surface area contributed by atoms with Crippen molar-refractivity contribution in [3.8, 4) is 5.69 Å². The Morgan fingerprint density at radius 2 is 1.94 bits per heavy atom. The fourth-order valence-corrected chi connectivity index (χ4v) is 3.56. The molecule has 4 rings (SSSR count). The first kappa shape index (κ1) is 20.9. The quantitative estimate of drug-likeness (QED) is 0.587. The number of anilines is 1. The molecule has 162 valence electrons. The zero-order valence-electron chi connectivity index (χ0n) is 17.1. The fourth-order valence-electron chi connectivity index (χ4n) is 3.56. The number of aromatic nitrogens is 3. The van der Waals surface area contributed by atoms with Crippen molar-refractivity contribution < 1.29 is 18.3 Å². The summed E-state index contributed by atoms with van der Waals surface area (Å²) in [7, 11) is 1.97. The number of hydrogen-bond donors (Lipinski definition) is 0. The number of nitrogens with zero attached hydrogens (tertiary/aromatic N) is 5. The van der Waals surface area contributed by atoms with Gasteiger partial charge in [0.05, 0.1) is 23.9 Å². The van der Waals surface area contributed by atoms with Crippen LogP contribution in [0.5, 0.6) is 0 Å². The van der Waals surface area contributed by atoms with Gasteiger partial charge < -0.3 is 14.5 Å². The molecule has 3 aromatic rings. The summed E-state index contributed by atoms with van der Waals surface area (Å²) in [6.07, 6.45) is 3.56. The van der Waals surface area contributed by atoms with Crippen LogP contribution in [0.4, 0.5) is 14.6 Å². The Bertz CT molecular complexity index is 1210. The number of halogens is 2. The summed E-state index contributed by atoms with van der Waals surface area (Å²) in [5.74, 6) is -2.17. The summed E-state index contributed by atoms with van der Waals surface area (Å²) in [6, 6.07) is 2.44. The minimum Gasteiger partial charge on any atom is -0.462 e. The standard InChI is InChI=1S/C21H21F2N5O3/c1-3-31-21(30)14-12-28(17-4-5-24-11-16(17)23)19-13(18(14)29)10-15(22)20(25-19)27-8-6-26(2)7-9-27/h4-5,10-12H,3,6-9H2,1-2H3. The van der Waals surface area contributed by atoms with Crippen LogP contribution >= 0.6 is 0 Å². The second-order valence-electron chi connectivity index (χ2n) is 7.24. The van der Waals surface area contributed by atoms with Crippen molar-refractivity contribution in [1.82, 2.24) is 19.4 Å². The molecule has 3 aromatic heterocycles. The number of hydrogen-bond acceptors (Lipinski definition) is 7. The van der Waals surface area contributed by atoms with Crippen LogP contribution in [0.15, 0.2) is 35.5 Å². The van der Waals surface area contributed by atoms with Gasteiger partial charge in [0.15, 0.2) is 23.1 Å². The van der Waals surface area contributed by atoms with E-state index in [1.807, 2.05) is 7.05 Å². The summed E-state index contributed by atoms with van der Waals surface area (Å²) in [5.41, 5.74) is -0.998. The van der Waals surface area contributed by atoms with E-state index < -0.39 is 23.0 Å². The van der Waals surface area contributed by atoms with Gasteiger partial charge in [-0.25, -0.2) is 18.6 Å². The third kappa shape index (κ3) is 3.86. The SMILES string of the molecule is CCOC(=O)c1cn(-c2ccncc2F)c2nc(N3CCN(C)CC3)c(F)cc2c1=O. The van der Waals surface area contributed by atoms with Gasteiger partial charge in [-0.1, -0.05) is 0 Å². The second-order valence-corrected chi connectivity index (χ2v) is 7.24. The number of ether oxygens (including phenoxy) is 1. The molecule has 1 fully saturated rings. The van der Waals surface area contributed by atoms with Crippen molar-refractivity contribution in [3.63, 3.8) is 0 Å². The molecule has 0 spiro atoms. The van der Waals surface area contributed by atoms with Gasteiger partial charge >= 0.3 is 5.97 Å². The lowest BCUT2D eigenvalue weighted by Gasteiger charge is -2.33. The molecule has 0 amide bonds. The molecule has 0 N–H and O–H groups in total. The maximum Gasteiger partial charge on any atom is 0.343 e. The van der Waals surface area contributed by atoms with Crippen LogP contribution in [0.3, 0.4) is 0 Å². The predicted molar refractivity (Wildman–Crippen MR) is 111 cm³/mol. The van der Waals surface area contributed by atoms with Gasteiger partial charge in [-0.15, -0.1) is 0 Å². The monoisotopic (exact) mass is 429 g/mol. The molecule has 1 aliphatic rings. The molecule has 1 saturated heterocycles. The number of piperazine rings is 1. The lowest BCUT2D eigenvalue weighted by molar-refractivity contribution is 0.0524. The fraction of sp³-hybridized carbons (Fsp3) is 0.333. The first-order valence-electron chi connectivity index (χ1n) is 9.87. The average Bonchev–Trinajstić information content (AvgIpc) is 2.75. The molecular formula is C21H21F2N5O3. The first-order chi connectivity index (χ1) is 14.9. The lowest BCUT2D eigenvalue weighted by Crippen LogP contribution is -2.45. The number of pyridine rings is 3. The third-order valence-electron chi connectivity index (χ3n) is 5.22. The van der Waals surface area contributed by atoms with Crippen LogP contribution in [0, 0.1) is 11.6 Å². The molecule has 10 heteroatoms. The topological polar surface area (TPSA) is 80.6 Å². The van der Waals surface area contributed by atoms with Gasteiger partial charge in [-0.3, -0.25) is 14.3 Å². The van der Waals surface area contributed by atoms with E-state index >= 15 is 4.39 Å². The summed E-state index contributed by atoms with van der Waals surface area (Å²) in [4.78, 5) is 37.3. The van der Waals surface area contributed by atoms with E-state index in [1.54, 1.807) is 11.8 Å². The van der Waals surface area contributed by atoms with Crippen molar-refractivity contribution in [1.29, 1.82) is 0 Å². The van der Waals surface area contributed by atoms with Gasteiger partial charge in [0, 0.05) is 38.6 Å². The van der Waals surface area contributed by atoms with Crippen LogP contribution in [0.1, 0.15) is 17.3 Å². The van der Waals surface area contributed by atoms with Crippen molar-refractivity contribution in [2.75, 3.05) is 44.7 Å². The third-order valence-corrected chi connectivity index (χ3v) is 5.22. The normalized spacial score (nSPS) is 14.8. The number of likely N-dealkylation sites (N-methyl/N-ethyl adjacent to an activating group) is 1. The van der Waals surface area contributed by atoms with Crippen molar-refractivity contribution in [2.24, 2.45) is 0 Å². The molecule has 0 radical (unpaired) electrons. The molecular weight excluding hydrogens is 408 g/mol. The molecule has 4 heterocycles. The van der Waals surface area contributed by atoms with E-state index in [0.29, 0.717) is 13.1 Å². The highest BCUT2D eigenvalue weighted by Crippen LogP contribution is 2.25. The minimum absolute atomic E-state index is 0.0222. The lowest BCUT2D eigenvalue weighted by atomic mass is 10.1. The Labute approximate surface area is 176 Å². The van der Waals surface area contributed by atoms with E-state index in [0.717, 1.165) is 25.4 Å². The number of carbonyl (C=O) groups excluding carboxylic acids is 1. The van der Waals surface area contributed by atoms with Crippen LogP contribution in [-0.4, -0.2) is 65.2 Å². The first-order valence-corrected chi connectivity index (χ1v) is 9.87. The molecule has 0 unspecified atom stereocenters. The van der Waals surface area contributed by atoms with Crippen LogP contribution in [-0.2, 0) is 4.74 Å². The van der Waals surface area contributed by atoms with Gasteiger partial charge in [0.25, 0.3) is 0 Å². The number of esters is 1. The Balaban J connectivity index is 1.98. The average molecular weight is 429 g/mol. The molecule has 0 aliphatic carbocycles. The van der Waals surface area contributed by atoms with E-state index in [-0.39, 0.29) is 34.7 Å². The summed E-state index contributed by atoms with van der Waals surface area (Å²) in [5, 5.41) is -0.142. The van der Waals surface area contributed by atoms with E-state index in [1.165, 1.54) is 23.0 Å². The van der Waals surface area contributed by atoms with Crippen LogP contribution in [0.25, 0.3) is 16.7 Å². The van der Waals surface area contributed by atoms with E-state index in [9.17, 15) is 14.0 Å². The molecule has 0 saturated carbocycles. The van der Waals surface area contributed by atoms with E-state index in [4.69, 9.17) is 4.74 Å². The van der Waals surface area contributed by atoms with Gasteiger partial charge in [-0.05, 0) is 26.1 Å². The minimum atomic E-state index is -0.874.